The van der Waals surface area contributed by atoms with Crippen molar-refractivity contribution in [3.8, 4) is 0 Å². The van der Waals surface area contributed by atoms with Gasteiger partial charge >= 0.3 is 5.97 Å². The molecule has 0 saturated heterocycles. The van der Waals surface area contributed by atoms with Gasteiger partial charge in [0.05, 0.1) is 13.5 Å². The van der Waals surface area contributed by atoms with Gasteiger partial charge in [-0.1, -0.05) is 31.2 Å². The lowest BCUT2D eigenvalue weighted by Gasteiger charge is -2.13. The summed E-state index contributed by atoms with van der Waals surface area (Å²) in [6.07, 6.45) is 1.33. The van der Waals surface area contributed by atoms with Crippen molar-refractivity contribution in [1.29, 1.82) is 0 Å². The standard InChI is InChI=1S/C15H23N3O2/c1-4-12-7-5-6-8-13(12)11-18-15(16-2)17-10-9-14(19)20-3/h5-8H,4,9-11H2,1-3H3,(H2,16,17,18). The first-order valence-corrected chi connectivity index (χ1v) is 6.79. The highest BCUT2D eigenvalue weighted by Crippen LogP contribution is 2.08. The van der Waals surface area contributed by atoms with Gasteiger partial charge in [0.1, 0.15) is 0 Å². The van der Waals surface area contributed by atoms with Gasteiger partial charge in [0, 0.05) is 20.1 Å². The predicted molar refractivity (Wildman–Crippen MR) is 80.7 cm³/mol. The third kappa shape index (κ3) is 5.30. The summed E-state index contributed by atoms with van der Waals surface area (Å²) in [5.41, 5.74) is 2.58. The number of nitrogens with one attached hydrogen (secondary N) is 2. The molecule has 0 unspecified atom stereocenters. The van der Waals surface area contributed by atoms with E-state index in [9.17, 15) is 4.79 Å². The molecular formula is C15H23N3O2. The number of methoxy groups -OCH3 is 1. The Morgan fingerprint density at radius 3 is 2.55 bits per heavy atom. The minimum Gasteiger partial charge on any atom is -0.469 e. The molecular weight excluding hydrogens is 254 g/mol. The molecule has 1 aromatic rings. The van der Waals surface area contributed by atoms with E-state index in [1.165, 1.54) is 18.2 Å². The molecule has 0 spiro atoms. The van der Waals surface area contributed by atoms with E-state index < -0.39 is 0 Å². The first-order valence-electron chi connectivity index (χ1n) is 6.79. The summed E-state index contributed by atoms with van der Waals surface area (Å²) < 4.78 is 4.59. The Balaban J connectivity index is 2.43. The normalized spacial score (nSPS) is 11.1. The zero-order valence-electron chi connectivity index (χ0n) is 12.4. The maximum atomic E-state index is 11.0. The maximum Gasteiger partial charge on any atom is 0.307 e. The fourth-order valence-corrected chi connectivity index (χ4v) is 1.86. The van der Waals surface area contributed by atoms with Gasteiger partial charge in [0.15, 0.2) is 5.96 Å². The molecule has 0 heterocycles. The van der Waals surface area contributed by atoms with E-state index in [-0.39, 0.29) is 5.97 Å². The summed E-state index contributed by atoms with van der Waals surface area (Å²) in [6.45, 7) is 3.35. The number of guanidine groups is 1. The first-order chi connectivity index (χ1) is 9.71. The molecule has 0 bridgehead atoms. The van der Waals surface area contributed by atoms with Crippen molar-refractivity contribution in [3.05, 3.63) is 35.4 Å². The highest BCUT2D eigenvalue weighted by Gasteiger charge is 2.03. The van der Waals surface area contributed by atoms with Gasteiger partial charge < -0.3 is 15.4 Å². The molecule has 0 aromatic heterocycles. The zero-order valence-corrected chi connectivity index (χ0v) is 12.4. The molecule has 0 radical (unpaired) electrons. The molecule has 0 fully saturated rings. The number of ether oxygens (including phenoxy) is 1. The average molecular weight is 277 g/mol. The van der Waals surface area contributed by atoms with Crippen molar-refractivity contribution in [1.82, 2.24) is 10.6 Å². The third-order valence-electron chi connectivity index (χ3n) is 3.02. The van der Waals surface area contributed by atoms with Crippen molar-refractivity contribution in [3.63, 3.8) is 0 Å². The van der Waals surface area contributed by atoms with Crippen LogP contribution in [0.2, 0.25) is 0 Å². The number of aliphatic imine (C=N–C) groups is 1. The summed E-state index contributed by atoms with van der Waals surface area (Å²) in [4.78, 5) is 15.1. The van der Waals surface area contributed by atoms with Crippen LogP contribution in [0, 0.1) is 0 Å². The molecule has 20 heavy (non-hydrogen) atoms. The smallest absolute Gasteiger partial charge is 0.307 e. The van der Waals surface area contributed by atoms with Crippen LogP contribution in [-0.2, 0) is 22.5 Å². The van der Waals surface area contributed by atoms with Crippen LogP contribution in [0.25, 0.3) is 0 Å². The highest BCUT2D eigenvalue weighted by molar-refractivity contribution is 5.80. The van der Waals surface area contributed by atoms with Gasteiger partial charge in [-0.15, -0.1) is 0 Å². The molecule has 0 aliphatic rings. The van der Waals surface area contributed by atoms with Crippen molar-refractivity contribution in [2.75, 3.05) is 20.7 Å². The lowest BCUT2D eigenvalue weighted by Crippen LogP contribution is -2.38. The Bertz CT molecular complexity index is 458. The van der Waals surface area contributed by atoms with Crippen LogP contribution in [0.15, 0.2) is 29.3 Å². The molecule has 0 amide bonds. The van der Waals surface area contributed by atoms with E-state index in [2.05, 4.69) is 39.4 Å². The molecule has 1 aromatic carbocycles. The summed E-state index contributed by atoms with van der Waals surface area (Å²) in [6, 6.07) is 8.31. The number of benzene rings is 1. The van der Waals surface area contributed by atoms with Crippen molar-refractivity contribution in [2.45, 2.75) is 26.3 Å². The Labute approximate surface area is 120 Å². The number of carbonyl (C=O) groups is 1. The molecule has 0 atom stereocenters. The van der Waals surface area contributed by atoms with Crippen LogP contribution in [0.3, 0.4) is 0 Å². The Hall–Kier alpha value is -2.04. The van der Waals surface area contributed by atoms with E-state index in [1.807, 2.05) is 12.1 Å². The van der Waals surface area contributed by atoms with E-state index in [4.69, 9.17) is 0 Å². The second-order valence-electron chi connectivity index (χ2n) is 4.30. The molecule has 0 aliphatic heterocycles. The number of aryl methyl sites for hydroxylation is 1. The predicted octanol–water partition coefficient (Wildman–Crippen LogP) is 1.48. The average Bonchev–Trinajstić information content (AvgIpc) is 2.50. The van der Waals surface area contributed by atoms with Crippen LogP contribution in [0.5, 0.6) is 0 Å². The van der Waals surface area contributed by atoms with Crippen molar-refractivity contribution < 1.29 is 9.53 Å². The maximum absolute atomic E-state index is 11.0. The minimum absolute atomic E-state index is 0.232. The monoisotopic (exact) mass is 277 g/mol. The third-order valence-corrected chi connectivity index (χ3v) is 3.02. The van der Waals surface area contributed by atoms with Crippen LogP contribution in [-0.4, -0.2) is 32.6 Å². The summed E-state index contributed by atoms with van der Waals surface area (Å²) >= 11 is 0. The Morgan fingerprint density at radius 2 is 1.95 bits per heavy atom. The summed E-state index contributed by atoms with van der Waals surface area (Å²) in [5.74, 6) is 0.448. The number of carbonyl (C=O) groups excluding carboxylic acids is 1. The minimum atomic E-state index is -0.232. The quantitative estimate of drug-likeness (QED) is 0.470. The van der Waals surface area contributed by atoms with Crippen molar-refractivity contribution >= 4 is 11.9 Å². The van der Waals surface area contributed by atoms with Gasteiger partial charge in [0.25, 0.3) is 0 Å². The van der Waals surface area contributed by atoms with Gasteiger partial charge in [-0.25, -0.2) is 0 Å². The van der Waals surface area contributed by atoms with Crippen LogP contribution < -0.4 is 10.6 Å². The SMILES string of the molecule is CCc1ccccc1CNC(=NC)NCCC(=O)OC. The second kappa shape index (κ2) is 8.96. The van der Waals surface area contributed by atoms with E-state index in [1.54, 1.807) is 7.05 Å². The Kier molecular flexibility index (Phi) is 7.17. The largest absolute Gasteiger partial charge is 0.469 e. The van der Waals surface area contributed by atoms with Crippen LogP contribution >= 0.6 is 0 Å². The van der Waals surface area contributed by atoms with Crippen molar-refractivity contribution in [2.24, 2.45) is 4.99 Å². The number of hydrogen-bond donors (Lipinski definition) is 2. The van der Waals surface area contributed by atoms with Gasteiger partial charge in [0.2, 0.25) is 0 Å². The summed E-state index contributed by atoms with van der Waals surface area (Å²) in [5, 5.41) is 6.32. The molecule has 1 rings (SSSR count). The van der Waals surface area contributed by atoms with E-state index in [0.717, 1.165) is 6.42 Å². The lowest BCUT2D eigenvalue weighted by molar-refractivity contribution is -0.140. The van der Waals surface area contributed by atoms with Gasteiger partial charge in [-0.3, -0.25) is 9.79 Å². The lowest BCUT2D eigenvalue weighted by atomic mass is 10.1. The van der Waals surface area contributed by atoms with E-state index >= 15 is 0 Å². The molecule has 0 saturated carbocycles. The second-order valence-corrected chi connectivity index (χ2v) is 4.30. The number of hydrogen-bond acceptors (Lipinski definition) is 3. The fraction of sp³-hybridized carbons (Fsp3) is 0.467. The molecule has 110 valence electrons. The fourth-order valence-electron chi connectivity index (χ4n) is 1.86. The number of esters is 1. The van der Waals surface area contributed by atoms with Crippen LogP contribution in [0.4, 0.5) is 0 Å². The Morgan fingerprint density at radius 1 is 1.25 bits per heavy atom. The first kappa shape index (κ1) is 16.0. The number of rotatable bonds is 6. The highest BCUT2D eigenvalue weighted by atomic mass is 16.5. The molecule has 2 N–H and O–H groups in total. The van der Waals surface area contributed by atoms with Crippen LogP contribution in [0.1, 0.15) is 24.5 Å². The molecule has 0 aliphatic carbocycles. The summed E-state index contributed by atoms with van der Waals surface area (Å²) in [7, 11) is 3.09. The topological polar surface area (TPSA) is 62.7 Å². The molecule has 5 nitrogen and oxygen atoms in total. The number of nitrogens with zero attached hydrogens (tertiary/aromatic N) is 1. The van der Waals surface area contributed by atoms with Gasteiger partial charge in [-0.2, -0.15) is 0 Å². The van der Waals surface area contributed by atoms with E-state index in [0.29, 0.717) is 25.5 Å². The van der Waals surface area contributed by atoms with Gasteiger partial charge in [-0.05, 0) is 17.5 Å². The molecule has 5 heteroatoms. The zero-order chi connectivity index (χ0) is 14.8.